The van der Waals surface area contributed by atoms with Gasteiger partial charge in [0.2, 0.25) is 10.0 Å². The molecule has 25 heavy (non-hydrogen) atoms. The summed E-state index contributed by atoms with van der Waals surface area (Å²) in [4.78, 5) is 0. The van der Waals surface area contributed by atoms with Crippen molar-refractivity contribution in [2.75, 3.05) is 12.3 Å². The zero-order chi connectivity index (χ0) is 17.4. The zero-order valence-corrected chi connectivity index (χ0v) is 16.4. The van der Waals surface area contributed by atoms with E-state index < -0.39 is 10.0 Å². The number of fused-ring (bicyclic) bond motifs is 1. The molecule has 1 aromatic heterocycles. The number of thioether (sulfide) groups is 1. The molecule has 8 heteroatoms. The predicted molar refractivity (Wildman–Crippen MR) is 103 cm³/mol. The van der Waals surface area contributed by atoms with Crippen LogP contribution in [0.1, 0.15) is 16.6 Å². The van der Waals surface area contributed by atoms with Crippen molar-refractivity contribution < 1.29 is 12.9 Å². The molecule has 5 nitrogen and oxygen atoms in total. The van der Waals surface area contributed by atoms with Gasteiger partial charge in [-0.25, -0.2) is 8.42 Å². The summed E-state index contributed by atoms with van der Waals surface area (Å²) in [5.41, 5.74) is 2.05. The van der Waals surface area contributed by atoms with Crippen molar-refractivity contribution in [3.8, 4) is 0 Å². The number of nitrogens with zero attached hydrogens (tertiary/aromatic N) is 2. The Balaban J connectivity index is 1.63. The Kier molecular flexibility index (Phi) is 4.61. The molecule has 3 aromatic rings. The van der Waals surface area contributed by atoms with Crippen LogP contribution in [-0.4, -0.2) is 30.2 Å². The minimum atomic E-state index is -3.50. The maximum atomic E-state index is 13.0. The van der Waals surface area contributed by atoms with E-state index in [4.69, 9.17) is 4.52 Å². The van der Waals surface area contributed by atoms with E-state index in [0.29, 0.717) is 17.8 Å². The highest BCUT2D eigenvalue weighted by atomic mass is 79.9. The summed E-state index contributed by atoms with van der Waals surface area (Å²) in [5, 5.41) is 4.52. The van der Waals surface area contributed by atoms with Crippen LogP contribution < -0.4 is 0 Å². The van der Waals surface area contributed by atoms with Gasteiger partial charge < -0.3 is 4.52 Å². The summed E-state index contributed by atoms with van der Waals surface area (Å²) in [7, 11) is -3.50. The van der Waals surface area contributed by atoms with E-state index >= 15 is 0 Å². The fraction of sp³-hybridized carbons (Fsp3) is 0.235. The van der Waals surface area contributed by atoms with Crippen molar-refractivity contribution in [3.63, 3.8) is 0 Å². The van der Waals surface area contributed by atoms with E-state index in [2.05, 4.69) is 21.1 Å². The number of para-hydroxylation sites is 1. The zero-order valence-electron chi connectivity index (χ0n) is 13.1. The molecule has 0 bridgehead atoms. The van der Waals surface area contributed by atoms with Gasteiger partial charge in [0.05, 0.1) is 5.37 Å². The lowest BCUT2D eigenvalue weighted by Crippen LogP contribution is -2.31. The molecule has 1 aliphatic rings. The van der Waals surface area contributed by atoms with Gasteiger partial charge in [0.25, 0.3) is 0 Å². The summed E-state index contributed by atoms with van der Waals surface area (Å²) in [6.07, 6.45) is 0. The molecule has 1 atom stereocenters. The van der Waals surface area contributed by atoms with Gasteiger partial charge in [-0.05, 0) is 29.8 Å². The van der Waals surface area contributed by atoms with E-state index in [1.165, 1.54) is 0 Å². The maximum Gasteiger partial charge on any atom is 0.221 e. The molecule has 0 aliphatic carbocycles. The molecule has 0 radical (unpaired) electrons. The standard InChI is InChI=1S/C17H15BrN2O3S2/c18-13-7-5-12(6-8-13)17-20(9-10-24-17)25(21,22)11-15-14-3-1-2-4-16(14)23-19-15/h1-8,17H,9-11H2. The van der Waals surface area contributed by atoms with Crippen molar-refractivity contribution in [1.82, 2.24) is 9.46 Å². The van der Waals surface area contributed by atoms with E-state index in [0.717, 1.165) is 21.2 Å². The Labute approximate surface area is 158 Å². The third-order valence-electron chi connectivity index (χ3n) is 4.13. The van der Waals surface area contributed by atoms with Crippen LogP contribution >= 0.6 is 27.7 Å². The Bertz CT molecular complexity index is 1000. The predicted octanol–water partition coefficient (Wildman–Crippen LogP) is 4.17. The van der Waals surface area contributed by atoms with Crippen molar-refractivity contribution >= 4 is 48.7 Å². The van der Waals surface area contributed by atoms with Gasteiger partial charge in [-0.1, -0.05) is 45.4 Å². The van der Waals surface area contributed by atoms with Crippen molar-refractivity contribution in [2.45, 2.75) is 11.1 Å². The lowest BCUT2D eigenvalue weighted by molar-refractivity contribution is 0.427. The van der Waals surface area contributed by atoms with E-state index in [-0.39, 0.29) is 11.1 Å². The summed E-state index contributed by atoms with van der Waals surface area (Å²) in [6.45, 7) is 0.503. The third-order valence-corrected chi connectivity index (χ3v) is 7.80. The Morgan fingerprint density at radius 2 is 1.96 bits per heavy atom. The molecule has 1 saturated heterocycles. The summed E-state index contributed by atoms with van der Waals surface area (Å²) < 4.78 is 33.8. The fourth-order valence-electron chi connectivity index (χ4n) is 2.93. The monoisotopic (exact) mass is 438 g/mol. The van der Waals surface area contributed by atoms with E-state index in [1.54, 1.807) is 22.1 Å². The molecule has 0 spiro atoms. The van der Waals surface area contributed by atoms with Crippen LogP contribution in [0.25, 0.3) is 11.0 Å². The van der Waals surface area contributed by atoms with E-state index in [9.17, 15) is 8.42 Å². The highest BCUT2D eigenvalue weighted by Crippen LogP contribution is 2.40. The number of hydrogen-bond acceptors (Lipinski definition) is 5. The third kappa shape index (κ3) is 3.36. The molecule has 2 heterocycles. The normalized spacial score (nSPS) is 18.8. The molecule has 1 fully saturated rings. The first-order chi connectivity index (χ1) is 12.0. The molecular formula is C17H15BrN2O3S2. The van der Waals surface area contributed by atoms with Gasteiger partial charge in [0, 0.05) is 22.2 Å². The SMILES string of the molecule is O=S(=O)(Cc1noc2ccccc12)N1CCSC1c1ccc(Br)cc1. The van der Waals surface area contributed by atoms with Gasteiger partial charge in [-0.15, -0.1) is 11.8 Å². The minimum absolute atomic E-state index is 0.155. The second kappa shape index (κ2) is 6.75. The molecule has 0 N–H and O–H groups in total. The first kappa shape index (κ1) is 17.1. The van der Waals surface area contributed by atoms with Crippen LogP contribution in [-0.2, 0) is 15.8 Å². The number of aromatic nitrogens is 1. The van der Waals surface area contributed by atoms with Crippen LogP contribution in [0.2, 0.25) is 0 Å². The Morgan fingerprint density at radius 3 is 2.76 bits per heavy atom. The van der Waals surface area contributed by atoms with Crippen LogP contribution in [0.3, 0.4) is 0 Å². The largest absolute Gasteiger partial charge is 0.356 e. The van der Waals surface area contributed by atoms with Crippen molar-refractivity contribution in [2.24, 2.45) is 0 Å². The highest BCUT2D eigenvalue weighted by molar-refractivity contribution is 9.10. The number of sulfonamides is 1. The molecule has 2 aromatic carbocycles. The van der Waals surface area contributed by atoms with Crippen LogP contribution in [0.5, 0.6) is 0 Å². The topological polar surface area (TPSA) is 63.4 Å². The molecule has 4 rings (SSSR count). The summed E-state index contributed by atoms with van der Waals surface area (Å²) in [5.74, 6) is 0.622. The molecular weight excluding hydrogens is 424 g/mol. The highest BCUT2D eigenvalue weighted by Gasteiger charge is 2.36. The van der Waals surface area contributed by atoms with Gasteiger partial charge in [0.1, 0.15) is 11.4 Å². The average molecular weight is 439 g/mol. The van der Waals surface area contributed by atoms with Crippen molar-refractivity contribution in [3.05, 3.63) is 64.3 Å². The fourth-order valence-corrected chi connectivity index (χ4v) is 6.53. The molecule has 130 valence electrons. The van der Waals surface area contributed by atoms with Gasteiger partial charge in [0.15, 0.2) is 5.58 Å². The number of rotatable bonds is 4. The first-order valence-corrected chi connectivity index (χ1v) is 11.2. The number of halogens is 1. The smallest absolute Gasteiger partial charge is 0.221 e. The molecule has 1 aliphatic heterocycles. The minimum Gasteiger partial charge on any atom is -0.356 e. The quantitative estimate of drug-likeness (QED) is 0.611. The maximum absolute atomic E-state index is 13.0. The van der Waals surface area contributed by atoms with E-state index in [1.807, 2.05) is 42.5 Å². The van der Waals surface area contributed by atoms with Crippen molar-refractivity contribution in [1.29, 1.82) is 0 Å². The second-order valence-corrected chi connectivity index (χ2v) is 9.79. The average Bonchev–Trinajstić information content (AvgIpc) is 3.24. The van der Waals surface area contributed by atoms with Crippen LogP contribution in [0.15, 0.2) is 57.5 Å². The van der Waals surface area contributed by atoms with Gasteiger partial charge in [-0.2, -0.15) is 4.31 Å². The lowest BCUT2D eigenvalue weighted by atomic mass is 10.2. The molecule has 0 amide bonds. The Morgan fingerprint density at radius 1 is 1.20 bits per heavy atom. The first-order valence-electron chi connectivity index (χ1n) is 7.74. The molecule has 1 unspecified atom stereocenters. The Hall–Kier alpha value is -1.35. The van der Waals surface area contributed by atoms with Crippen LogP contribution in [0, 0.1) is 0 Å². The summed E-state index contributed by atoms with van der Waals surface area (Å²) >= 11 is 5.05. The second-order valence-electron chi connectivity index (χ2n) is 5.77. The lowest BCUT2D eigenvalue weighted by Gasteiger charge is -2.23. The number of benzene rings is 2. The molecule has 0 saturated carbocycles. The van der Waals surface area contributed by atoms with Gasteiger partial charge >= 0.3 is 0 Å². The summed E-state index contributed by atoms with van der Waals surface area (Å²) in [6, 6.07) is 15.1. The van der Waals surface area contributed by atoms with Gasteiger partial charge in [-0.3, -0.25) is 0 Å². The van der Waals surface area contributed by atoms with Crippen LogP contribution in [0.4, 0.5) is 0 Å². The number of hydrogen-bond donors (Lipinski definition) is 0.